The van der Waals surface area contributed by atoms with Gasteiger partial charge in [-0.1, -0.05) is 59.6 Å². The van der Waals surface area contributed by atoms with Gasteiger partial charge in [0.15, 0.2) is 23.9 Å². The Balaban J connectivity index is 1.19. The molecule has 4 aromatic rings. The molecule has 54 heavy (non-hydrogen) atoms. The number of alkyl halides is 2. The average molecular weight is 788 g/mol. The second kappa shape index (κ2) is 17.9. The van der Waals surface area contributed by atoms with Crippen molar-refractivity contribution in [2.75, 3.05) is 19.6 Å². The van der Waals surface area contributed by atoms with Crippen LogP contribution in [-0.4, -0.2) is 55.3 Å². The van der Waals surface area contributed by atoms with Crippen LogP contribution in [0.1, 0.15) is 71.4 Å². The first kappa shape index (κ1) is 39.3. The summed E-state index contributed by atoms with van der Waals surface area (Å²) in [4.78, 5) is 32.3. The summed E-state index contributed by atoms with van der Waals surface area (Å²) < 4.78 is 63.7. The van der Waals surface area contributed by atoms with Gasteiger partial charge in [-0.2, -0.15) is 8.78 Å². The summed E-state index contributed by atoms with van der Waals surface area (Å²) in [6.45, 7) is 3.22. The maximum Gasteiger partial charge on any atom is 0.387 e. The third kappa shape index (κ3) is 9.84. The lowest BCUT2D eigenvalue weighted by Gasteiger charge is -2.44. The molecule has 7 rings (SSSR count). The molecule has 0 amide bonds. The van der Waals surface area contributed by atoms with Crippen LogP contribution in [0.4, 0.5) is 13.2 Å². The number of benzene rings is 3. The Bertz CT molecular complexity index is 1910. The Morgan fingerprint density at radius 3 is 2.28 bits per heavy atom. The number of nitrogens with one attached hydrogen (secondary N) is 2. The van der Waals surface area contributed by atoms with Gasteiger partial charge in [-0.15, -0.1) is 0 Å². The number of pyridine rings is 1. The monoisotopic (exact) mass is 786 g/mol. The molecule has 2 N–H and O–H groups in total. The van der Waals surface area contributed by atoms with Crippen molar-refractivity contribution in [3.05, 3.63) is 123 Å². The fourth-order valence-electron chi connectivity index (χ4n) is 6.82. The lowest BCUT2D eigenvalue weighted by atomic mass is 9.86. The Labute approximate surface area is 321 Å². The van der Waals surface area contributed by atoms with Crippen LogP contribution in [0.5, 0.6) is 11.5 Å². The van der Waals surface area contributed by atoms with E-state index >= 15 is 0 Å². The van der Waals surface area contributed by atoms with E-state index in [2.05, 4.69) is 19.9 Å². The molecule has 3 aromatic carbocycles. The van der Waals surface area contributed by atoms with Crippen LogP contribution in [0.3, 0.4) is 0 Å². The Morgan fingerprint density at radius 2 is 1.65 bits per heavy atom. The number of ether oxygens (including phenoxy) is 4. The number of esters is 2. The van der Waals surface area contributed by atoms with Crippen molar-refractivity contribution < 1.29 is 46.7 Å². The topological polar surface area (TPSA) is 100 Å². The van der Waals surface area contributed by atoms with Gasteiger partial charge in [0.25, 0.3) is 0 Å². The van der Waals surface area contributed by atoms with Gasteiger partial charge in [0.1, 0.15) is 34.1 Å². The quantitative estimate of drug-likeness (QED) is 0.121. The number of nitrogens with zero attached hydrogens (tertiary/aromatic N) is 1. The number of rotatable bonds is 15. The van der Waals surface area contributed by atoms with Crippen LogP contribution >= 0.6 is 23.2 Å². The van der Waals surface area contributed by atoms with Gasteiger partial charge in [-0.05, 0) is 87.2 Å². The van der Waals surface area contributed by atoms with Crippen LogP contribution in [0, 0.1) is 11.7 Å². The summed E-state index contributed by atoms with van der Waals surface area (Å²) in [6.07, 6.45) is 3.46. The van der Waals surface area contributed by atoms with Gasteiger partial charge < -0.3 is 18.9 Å². The molecule has 3 fully saturated rings. The minimum absolute atomic E-state index is 0.0422. The van der Waals surface area contributed by atoms with E-state index in [0.717, 1.165) is 25.9 Å². The van der Waals surface area contributed by atoms with Crippen molar-refractivity contribution >= 4 is 35.1 Å². The molecule has 0 aliphatic carbocycles. The minimum atomic E-state index is -3.08. The summed E-state index contributed by atoms with van der Waals surface area (Å²) in [7, 11) is 0. The van der Waals surface area contributed by atoms with Gasteiger partial charge in [0.2, 0.25) is 0 Å². The number of carbonyl (C=O) groups excluding carboxylic acids is 2. The van der Waals surface area contributed by atoms with Gasteiger partial charge in [-0.25, -0.2) is 19.0 Å². The van der Waals surface area contributed by atoms with Crippen molar-refractivity contribution in [1.82, 2.24) is 10.2 Å². The SMILES string of the molecule is CC(C)Oc1cc([C@H](Cc2c(Cl)c[nH+]cc2Cl)OC(=O)c2ccc(CNC(C(=O)O[C@H]3CN4CCC3CC4)c3ccccc3F)cc2)ccc1OC(F)F. The zero-order valence-electron chi connectivity index (χ0n) is 29.7. The van der Waals surface area contributed by atoms with Gasteiger partial charge in [0, 0.05) is 30.6 Å². The molecule has 0 spiro atoms. The number of hydrogen-bond donors (Lipinski definition) is 1. The van der Waals surface area contributed by atoms with Crippen molar-refractivity contribution in [3.8, 4) is 11.5 Å². The molecule has 0 saturated carbocycles. The summed E-state index contributed by atoms with van der Waals surface area (Å²) in [5.41, 5.74) is 2.02. The second-order valence-electron chi connectivity index (χ2n) is 13.6. The van der Waals surface area contributed by atoms with E-state index in [1.54, 1.807) is 56.3 Å². The first-order valence-corrected chi connectivity index (χ1v) is 18.5. The molecule has 0 radical (unpaired) electrons. The van der Waals surface area contributed by atoms with Crippen LogP contribution in [0.2, 0.25) is 10.0 Å². The summed E-state index contributed by atoms with van der Waals surface area (Å²) in [5, 5.41) is 3.77. The van der Waals surface area contributed by atoms with Crippen molar-refractivity contribution in [1.29, 1.82) is 0 Å². The van der Waals surface area contributed by atoms with Crippen molar-refractivity contribution in [3.63, 3.8) is 0 Å². The van der Waals surface area contributed by atoms with E-state index in [0.29, 0.717) is 39.2 Å². The Hall–Kier alpha value is -4.36. The van der Waals surface area contributed by atoms with Crippen molar-refractivity contribution in [2.45, 2.75) is 70.6 Å². The predicted octanol–water partition coefficient (Wildman–Crippen LogP) is 7.94. The van der Waals surface area contributed by atoms with Crippen LogP contribution < -0.4 is 19.8 Å². The van der Waals surface area contributed by atoms with Crippen molar-refractivity contribution in [2.24, 2.45) is 5.92 Å². The molecule has 3 saturated heterocycles. The highest BCUT2D eigenvalue weighted by molar-refractivity contribution is 6.35. The fraction of sp³-hybridized carbons (Fsp3) is 0.375. The van der Waals surface area contributed by atoms with E-state index in [1.165, 1.54) is 36.7 Å². The lowest BCUT2D eigenvalue weighted by Crippen LogP contribution is -2.52. The number of carbonyl (C=O) groups is 2. The van der Waals surface area contributed by atoms with Crippen LogP contribution in [0.25, 0.3) is 0 Å². The highest BCUT2D eigenvalue weighted by Crippen LogP contribution is 2.37. The first-order chi connectivity index (χ1) is 25.9. The molecule has 1 unspecified atom stereocenters. The summed E-state index contributed by atoms with van der Waals surface area (Å²) in [6, 6.07) is 15.9. The van der Waals surface area contributed by atoms with E-state index in [-0.39, 0.29) is 47.8 Å². The molecule has 3 aliphatic rings. The van der Waals surface area contributed by atoms with Crippen LogP contribution in [-0.2, 0) is 27.2 Å². The second-order valence-corrected chi connectivity index (χ2v) is 14.4. The zero-order chi connectivity index (χ0) is 38.4. The molecule has 1 aromatic heterocycles. The third-order valence-electron chi connectivity index (χ3n) is 9.57. The zero-order valence-corrected chi connectivity index (χ0v) is 31.2. The summed E-state index contributed by atoms with van der Waals surface area (Å²) in [5.74, 6) is -1.59. The minimum Gasteiger partial charge on any atom is -0.487 e. The number of piperidine rings is 3. The smallest absolute Gasteiger partial charge is 0.387 e. The average Bonchev–Trinajstić information content (AvgIpc) is 3.14. The lowest BCUT2D eigenvalue weighted by molar-refractivity contribution is -0.377. The molecular formula is C40H41Cl2F3N3O6+. The van der Waals surface area contributed by atoms with E-state index in [1.807, 2.05) is 0 Å². The highest BCUT2D eigenvalue weighted by Gasteiger charge is 2.38. The molecule has 3 aliphatic heterocycles. The summed E-state index contributed by atoms with van der Waals surface area (Å²) >= 11 is 12.9. The van der Waals surface area contributed by atoms with E-state index in [4.69, 9.17) is 37.4 Å². The fourth-order valence-corrected chi connectivity index (χ4v) is 7.35. The molecule has 4 heterocycles. The molecule has 286 valence electrons. The normalized spacial score (nSPS) is 19.0. The number of aromatic amines is 1. The Morgan fingerprint density at radius 1 is 0.944 bits per heavy atom. The number of aromatic nitrogens is 1. The van der Waals surface area contributed by atoms with Gasteiger partial charge in [-0.3, -0.25) is 10.2 Å². The molecule has 3 atom stereocenters. The Kier molecular flexibility index (Phi) is 13.0. The number of H-pyrrole nitrogens is 1. The van der Waals surface area contributed by atoms with E-state index in [9.17, 15) is 22.8 Å². The largest absolute Gasteiger partial charge is 0.487 e. The molecule has 14 heteroatoms. The number of halogens is 5. The van der Waals surface area contributed by atoms with Gasteiger partial charge in [0.05, 0.1) is 11.7 Å². The van der Waals surface area contributed by atoms with Gasteiger partial charge >= 0.3 is 18.6 Å². The molecule has 9 nitrogen and oxygen atoms in total. The maximum atomic E-state index is 15.0. The number of fused-ring (bicyclic) bond motifs is 3. The molecular weight excluding hydrogens is 746 g/mol. The first-order valence-electron chi connectivity index (χ1n) is 17.7. The number of hydrogen-bond acceptors (Lipinski definition) is 8. The highest BCUT2D eigenvalue weighted by atomic mass is 35.5. The standard InChI is InChI=1S/C40H40Cl2F3N3O6/c1-23(2)51-35-17-27(11-12-33(35)54-40(44)45)34(18-29-30(41)20-46-21-31(29)42)52-38(49)26-9-7-24(8-10-26)19-47-37(28-5-3-4-6-32(28)43)39(50)53-36-22-48-15-13-25(36)14-16-48/h3-12,17,20-21,23,25,34,36-37,40,47H,13-16,18-19,22H2,1-2H3/p+1/t34-,36-,37?/m0/s1. The molecule has 2 bridgehead atoms. The third-order valence-corrected chi connectivity index (χ3v) is 10.2. The van der Waals surface area contributed by atoms with Crippen LogP contribution in [0.15, 0.2) is 79.1 Å². The maximum absolute atomic E-state index is 15.0. The predicted molar refractivity (Wildman–Crippen MR) is 195 cm³/mol. The van der Waals surface area contributed by atoms with E-state index < -0.39 is 36.5 Å².